The number of nitrogens with zero attached hydrogens (tertiary/aromatic N) is 2. The maximum Gasteiger partial charge on any atom is 0.269 e. The standard InChI is InChI=1S/C30H22N2O5/c1-31-16-24(18-12-14-20(15-13-18)32(35)36)29(17-37-25-11-3-2-8-21(25)27(29)33)30(31)23-10-5-7-19-6-4-9-22(26(19)23)28(30)34/h2-15,24H,16-17H2,1H3/t24-,29+,30?/m0/s1. The van der Waals surface area contributed by atoms with Crippen LogP contribution in [-0.4, -0.2) is 41.6 Å². The van der Waals surface area contributed by atoms with Gasteiger partial charge in [0.05, 0.1) is 10.5 Å². The van der Waals surface area contributed by atoms with E-state index >= 15 is 0 Å². The lowest BCUT2D eigenvalue weighted by Crippen LogP contribution is -2.61. The Bertz CT molecular complexity index is 1660. The van der Waals surface area contributed by atoms with Crippen molar-refractivity contribution in [2.24, 2.45) is 5.41 Å². The second-order valence-electron chi connectivity index (χ2n) is 10.1. The third kappa shape index (κ3) is 2.49. The molecule has 4 aromatic rings. The van der Waals surface area contributed by atoms with Gasteiger partial charge in [-0.05, 0) is 41.1 Å². The van der Waals surface area contributed by atoms with Crippen LogP contribution < -0.4 is 4.74 Å². The van der Waals surface area contributed by atoms with Crippen LogP contribution in [0.3, 0.4) is 0 Å². The van der Waals surface area contributed by atoms with Crippen molar-refractivity contribution in [3.8, 4) is 5.75 Å². The van der Waals surface area contributed by atoms with Gasteiger partial charge in [0.1, 0.15) is 23.3 Å². The number of Topliss-reactive ketones (excluding diaryl/α,β-unsaturated/α-hetero) is 2. The molecule has 7 nitrogen and oxygen atoms in total. The number of hydrogen-bond acceptors (Lipinski definition) is 6. The molecule has 0 bridgehead atoms. The van der Waals surface area contributed by atoms with E-state index in [1.807, 2.05) is 54.4 Å². The summed E-state index contributed by atoms with van der Waals surface area (Å²) in [6.07, 6.45) is 0. The van der Waals surface area contributed by atoms with Crippen LogP contribution in [0.1, 0.15) is 37.8 Å². The average molecular weight is 491 g/mol. The fraction of sp³-hybridized carbons (Fsp3) is 0.200. The molecule has 2 spiro atoms. The Morgan fingerprint density at radius 3 is 2.35 bits per heavy atom. The van der Waals surface area contributed by atoms with Gasteiger partial charge in [0.25, 0.3) is 5.69 Å². The first-order valence-electron chi connectivity index (χ1n) is 12.2. The normalized spacial score (nSPS) is 26.1. The second-order valence-corrected chi connectivity index (χ2v) is 10.1. The number of carbonyl (C=O) groups excluding carboxylic acids is 2. The molecule has 1 unspecified atom stereocenters. The fourth-order valence-corrected chi connectivity index (χ4v) is 7.15. The van der Waals surface area contributed by atoms with Crippen LogP contribution in [0, 0.1) is 15.5 Å². The summed E-state index contributed by atoms with van der Waals surface area (Å²) < 4.78 is 6.32. The van der Waals surface area contributed by atoms with E-state index in [0.717, 1.165) is 21.9 Å². The predicted molar refractivity (Wildman–Crippen MR) is 137 cm³/mol. The Kier molecular flexibility index (Phi) is 4.34. The van der Waals surface area contributed by atoms with E-state index in [2.05, 4.69) is 0 Å². The molecule has 0 radical (unpaired) electrons. The van der Waals surface area contributed by atoms with Crippen molar-refractivity contribution < 1.29 is 19.2 Å². The molecule has 1 aliphatic carbocycles. The van der Waals surface area contributed by atoms with Crippen molar-refractivity contribution >= 4 is 28.0 Å². The van der Waals surface area contributed by atoms with Gasteiger partial charge >= 0.3 is 0 Å². The van der Waals surface area contributed by atoms with E-state index < -0.39 is 21.8 Å². The molecule has 3 atom stereocenters. The molecule has 7 heteroatoms. The summed E-state index contributed by atoms with van der Waals surface area (Å²) in [6.45, 7) is 0.427. The highest BCUT2D eigenvalue weighted by Crippen LogP contribution is 2.65. The molecule has 0 aromatic heterocycles. The molecule has 2 aliphatic heterocycles. The van der Waals surface area contributed by atoms with E-state index in [4.69, 9.17) is 4.74 Å². The van der Waals surface area contributed by atoms with E-state index in [1.165, 1.54) is 12.1 Å². The highest BCUT2D eigenvalue weighted by Gasteiger charge is 2.74. The molecule has 182 valence electrons. The average Bonchev–Trinajstić information content (AvgIpc) is 3.34. The highest BCUT2D eigenvalue weighted by molar-refractivity contribution is 6.24. The minimum atomic E-state index is -1.28. The Hall–Kier alpha value is -4.36. The smallest absolute Gasteiger partial charge is 0.269 e. The number of likely N-dealkylation sites (tertiary alicyclic amines) is 1. The lowest BCUT2D eigenvalue weighted by Gasteiger charge is -2.48. The molecule has 37 heavy (non-hydrogen) atoms. The van der Waals surface area contributed by atoms with Gasteiger partial charge in [-0.2, -0.15) is 0 Å². The number of benzene rings is 4. The zero-order valence-corrected chi connectivity index (χ0v) is 20.0. The molecular formula is C30H22N2O5. The molecule has 3 aliphatic rings. The zero-order chi connectivity index (χ0) is 25.5. The van der Waals surface area contributed by atoms with Crippen LogP contribution in [0.5, 0.6) is 5.75 Å². The molecular weight excluding hydrogens is 468 g/mol. The van der Waals surface area contributed by atoms with Crippen LogP contribution in [0.25, 0.3) is 10.8 Å². The molecule has 1 fully saturated rings. The van der Waals surface area contributed by atoms with Gasteiger partial charge in [0.2, 0.25) is 0 Å². The number of nitro groups is 1. The van der Waals surface area contributed by atoms with Crippen LogP contribution >= 0.6 is 0 Å². The number of ketones is 2. The van der Waals surface area contributed by atoms with Gasteiger partial charge in [-0.3, -0.25) is 24.6 Å². The summed E-state index contributed by atoms with van der Waals surface area (Å²) >= 11 is 0. The largest absolute Gasteiger partial charge is 0.492 e. The molecule has 1 saturated heterocycles. The first-order chi connectivity index (χ1) is 17.9. The topological polar surface area (TPSA) is 89.8 Å². The number of ether oxygens (including phenoxy) is 1. The Morgan fingerprint density at radius 1 is 0.892 bits per heavy atom. The summed E-state index contributed by atoms with van der Waals surface area (Å²) in [5.41, 5.74) is 0.0470. The van der Waals surface area contributed by atoms with Gasteiger partial charge in [0, 0.05) is 30.2 Å². The second kappa shape index (κ2) is 7.33. The van der Waals surface area contributed by atoms with Crippen LogP contribution in [0.15, 0.2) is 84.9 Å². The number of nitro benzene ring substituents is 1. The van der Waals surface area contributed by atoms with Crippen molar-refractivity contribution in [3.63, 3.8) is 0 Å². The van der Waals surface area contributed by atoms with Gasteiger partial charge < -0.3 is 4.74 Å². The van der Waals surface area contributed by atoms with Crippen LogP contribution in [-0.2, 0) is 5.54 Å². The quantitative estimate of drug-likeness (QED) is 0.286. The number of hydrogen-bond donors (Lipinski definition) is 0. The summed E-state index contributed by atoms with van der Waals surface area (Å²) in [4.78, 5) is 42.3. The van der Waals surface area contributed by atoms with Crippen molar-refractivity contribution in [1.29, 1.82) is 0 Å². The first kappa shape index (κ1) is 21.9. The molecule has 4 aromatic carbocycles. The van der Waals surface area contributed by atoms with E-state index in [9.17, 15) is 19.7 Å². The molecule has 0 saturated carbocycles. The maximum atomic E-state index is 14.8. The van der Waals surface area contributed by atoms with Gasteiger partial charge in [0.15, 0.2) is 11.6 Å². The fourth-order valence-electron chi connectivity index (χ4n) is 7.15. The van der Waals surface area contributed by atoms with Crippen molar-refractivity contribution in [1.82, 2.24) is 4.90 Å². The summed E-state index contributed by atoms with van der Waals surface area (Å²) in [7, 11) is 1.89. The third-order valence-electron chi connectivity index (χ3n) is 8.64. The SMILES string of the molecule is CN1C[C@@H](c2ccc([N+](=O)[O-])cc2)[C@@]2(COc3ccccc3C2=O)C12C(=O)c1cccc3cccc2c13. The minimum absolute atomic E-state index is 0.0188. The van der Waals surface area contributed by atoms with Crippen LogP contribution in [0.4, 0.5) is 5.69 Å². The zero-order valence-electron chi connectivity index (χ0n) is 20.0. The van der Waals surface area contributed by atoms with E-state index in [-0.39, 0.29) is 23.9 Å². The monoisotopic (exact) mass is 490 g/mol. The lowest BCUT2D eigenvalue weighted by atomic mass is 9.57. The van der Waals surface area contributed by atoms with Gasteiger partial charge in [-0.1, -0.05) is 60.7 Å². The summed E-state index contributed by atoms with van der Waals surface area (Å²) in [5, 5.41) is 13.2. The maximum absolute atomic E-state index is 14.8. The van der Waals surface area contributed by atoms with E-state index in [0.29, 0.717) is 23.4 Å². The molecule has 2 heterocycles. The van der Waals surface area contributed by atoms with Crippen molar-refractivity contribution in [2.75, 3.05) is 20.2 Å². The van der Waals surface area contributed by atoms with Crippen LogP contribution in [0.2, 0.25) is 0 Å². The summed E-state index contributed by atoms with van der Waals surface area (Å²) in [6, 6.07) is 25.1. The van der Waals surface area contributed by atoms with Gasteiger partial charge in [-0.25, -0.2) is 0 Å². The molecule has 0 N–H and O–H groups in total. The minimum Gasteiger partial charge on any atom is -0.492 e. The Labute approximate surface area is 212 Å². The number of non-ortho nitro benzene ring substituents is 1. The first-order valence-corrected chi connectivity index (χ1v) is 12.2. The third-order valence-corrected chi connectivity index (χ3v) is 8.64. The number of rotatable bonds is 2. The number of carbonyl (C=O) groups is 2. The molecule has 7 rings (SSSR count). The summed E-state index contributed by atoms with van der Waals surface area (Å²) in [5.74, 6) is -0.179. The number of fused-ring (bicyclic) bond motifs is 3. The van der Waals surface area contributed by atoms with Crippen molar-refractivity contribution in [3.05, 3.63) is 117 Å². The van der Waals surface area contributed by atoms with E-state index in [1.54, 1.807) is 30.3 Å². The predicted octanol–water partition coefficient (Wildman–Crippen LogP) is 5.13. The Morgan fingerprint density at radius 2 is 1.59 bits per heavy atom. The molecule has 0 amide bonds. The lowest BCUT2D eigenvalue weighted by molar-refractivity contribution is -0.384. The van der Waals surface area contributed by atoms with Crippen molar-refractivity contribution in [2.45, 2.75) is 11.5 Å². The van der Waals surface area contributed by atoms with Gasteiger partial charge in [-0.15, -0.1) is 0 Å². The Balaban J connectivity index is 1.54. The number of para-hydroxylation sites is 1. The highest BCUT2D eigenvalue weighted by atomic mass is 16.6. The number of likely N-dealkylation sites (N-methyl/N-ethyl adjacent to an activating group) is 1.